The molecule has 2 heterocycles. The monoisotopic (exact) mass is 331 g/mol. The Morgan fingerprint density at radius 3 is 2.78 bits per heavy atom. The maximum Gasteiger partial charge on any atom is 0.268 e. The van der Waals surface area contributed by atoms with Gasteiger partial charge in [-0.15, -0.1) is 0 Å². The lowest BCUT2D eigenvalue weighted by Gasteiger charge is -2.05. The molecule has 0 spiro atoms. The molecule has 2 aromatic rings. The Morgan fingerprint density at radius 1 is 1.33 bits per heavy atom. The van der Waals surface area contributed by atoms with Crippen LogP contribution in [0, 0.1) is 0 Å². The number of H-pyrrole nitrogens is 2. The lowest BCUT2D eigenvalue weighted by molar-refractivity contribution is 0.580. The van der Waals surface area contributed by atoms with Gasteiger partial charge in [0.1, 0.15) is 4.90 Å². The first-order valence-electron chi connectivity index (χ1n) is 4.98. The Hall–Kier alpha value is -1.38. The van der Waals surface area contributed by atoms with E-state index in [-0.39, 0.29) is 11.4 Å². The van der Waals surface area contributed by atoms with E-state index in [1.165, 1.54) is 12.3 Å². The smallest absolute Gasteiger partial charge is 0.268 e. The van der Waals surface area contributed by atoms with Gasteiger partial charge in [0.05, 0.1) is 0 Å². The summed E-state index contributed by atoms with van der Waals surface area (Å²) in [5.41, 5.74) is 0.129. The third-order valence-corrected chi connectivity index (χ3v) is 4.12. The standard InChI is InChI=1S/C10H10BrN3O3S/c11-8-3-9(10(15)13-6-8)18(16,17)14-5-7-1-2-12-4-7/h1-4,6,12,14H,5H2,(H,13,15). The highest BCUT2D eigenvalue weighted by Gasteiger charge is 2.18. The average molecular weight is 332 g/mol. The van der Waals surface area contributed by atoms with E-state index in [1.807, 2.05) is 0 Å². The summed E-state index contributed by atoms with van der Waals surface area (Å²) in [4.78, 5) is 16.3. The molecule has 0 amide bonds. The summed E-state index contributed by atoms with van der Waals surface area (Å²) in [5, 5.41) is 0. The molecule has 0 aliphatic carbocycles. The fourth-order valence-corrected chi connectivity index (χ4v) is 2.95. The summed E-state index contributed by atoms with van der Waals surface area (Å²) < 4.78 is 26.7. The van der Waals surface area contributed by atoms with E-state index >= 15 is 0 Å². The van der Waals surface area contributed by atoms with Gasteiger partial charge in [-0.1, -0.05) is 0 Å². The predicted octanol–water partition coefficient (Wildman–Crippen LogP) is 0.944. The molecule has 0 fully saturated rings. The highest BCUT2D eigenvalue weighted by atomic mass is 79.9. The molecule has 0 aliphatic rings. The molecule has 0 aromatic carbocycles. The van der Waals surface area contributed by atoms with E-state index in [2.05, 4.69) is 30.6 Å². The van der Waals surface area contributed by atoms with E-state index in [0.717, 1.165) is 5.56 Å². The number of sulfonamides is 1. The number of halogens is 1. The summed E-state index contributed by atoms with van der Waals surface area (Å²) in [6.45, 7) is 0.123. The third kappa shape index (κ3) is 2.89. The van der Waals surface area contributed by atoms with Crippen molar-refractivity contribution in [3.05, 3.63) is 51.1 Å². The van der Waals surface area contributed by atoms with Crippen LogP contribution in [0.15, 0.2) is 44.9 Å². The van der Waals surface area contributed by atoms with Crippen LogP contribution in [0.1, 0.15) is 5.56 Å². The van der Waals surface area contributed by atoms with Crippen molar-refractivity contribution >= 4 is 26.0 Å². The number of aromatic amines is 2. The Bertz CT molecular complexity index is 691. The number of rotatable bonds is 4. The second kappa shape index (κ2) is 5.09. The topological polar surface area (TPSA) is 94.8 Å². The molecule has 0 bridgehead atoms. The van der Waals surface area contributed by atoms with Gasteiger partial charge < -0.3 is 9.97 Å². The van der Waals surface area contributed by atoms with Crippen molar-refractivity contribution in [3.8, 4) is 0 Å². The largest absolute Gasteiger partial charge is 0.367 e. The molecule has 0 aliphatic heterocycles. The first-order chi connectivity index (χ1) is 8.49. The van der Waals surface area contributed by atoms with Crippen LogP contribution in [0.25, 0.3) is 0 Å². The first-order valence-corrected chi connectivity index (χ1v) is 7.26. The first kappa shape index (κ1) is 13.1. The van der Waals surface area contributed by atoms with E-state index < -0.39 is 15.6 Å². The van der Waals surface area contributed by atoms with Crippen molar-refractivity contribution < 1.29 is 8.42 Å². The van der Waals surface area contributed by atoms with Crippen LogP contribution in [0.4, 0.5) is 0 Å². The van der Waals surface area contributed by atoms with E-state index in [1.54, 1.807) is 18.5 Å². The molecule has 8 heteroatoms. The second-order valence-electron chi connectivity index (χ2n) is 3.56. The third-order valence-electron chi connectivity index (χ3n) is 2.25. The van der Waals surface area contributed by atoms with E-state index in [0.29, 0.717) is 4.47 Å². The predicted molar refractivity (Wildman–Crippen MR) is 69.6 cm³/mol. The second-order valence-corrected chi connectivity index (χ2v) is 6.21. The zero-order chi connectivity index (χ0) is 13.2. The zero-order valence-corrected chi connectivity index (χ0v) is 11.5. The molecule has 0 saturated heterocycles. The van der Waals surface area contributed by atoms with Gasteiger partial charge in [0.15, 0.2) is 0 Å². The van der Waals surface area contributed by atoms with E-state index in [9.17, 15) is 13.2 Å². The molecular weight excluding hydrogens is 322 g/mol. The van der Waals surface area contributed by atoms with Gasteiger partial charge in [0.25, 0.3) is 5.56 Å². The summed E-state index contributed by atoms with van der Waals surface area (Å²) in [7, 11) is -3.83. The number of nitrogens with one attached hydrogen (secondary N) is 3. The van der Waals surface area contributed by atoms with Gasteiger partial charge in [-0.2, -0.15) is 0 Å². The van der Waals surface area contributed by atoms with Crippen LogP contribution in [-0.2, 0) is 16.6 Å². The molecular formula is C10H10BrN3O3S. The molecule has 0 atom stereocenters. The minimum absolute atomic E-state index is 0.123. The average Bonchev–Trinajstić information content (AvgIpc) is 2.83. The quantitative estimate of drug-likeness (QED) is 0.778. The molecule has 0 radical (unpaired) electrons. The minimum Gasteiger partial charge on any atom is -0.367 e. The van der Waals surface area contributed by atoms with Gasteiger partial charge in [-0.05, 0) is 33.6 Å². The summed E-state index contributed by atoms with van der Waals surface area (Å²) >= 11 is 3.11. The van der Waals surface area contributed by atoms with Crippen LogP contribution in [0.3, 0.4) is 0 Å². The highest BCUT2D eigenvalue weighted by molar-refractivity contribution is 9.10. The molecule has 3 N–H and O–H groups in total. The fraction of sp³-hybridized carbons (Fsp3) is 0.100. The van der Waals surface area contributed by atoms with Crippen molar-refractivity contribution in [1.82, 2.24) is 14.7 Å². The number of hydrogen-bond donors (Lipinski definition) is 3. The summed E-state index contributed by atoms with van der Waals surface area (Å²) in [6.07, 6.45) is 4.75. The normalized spacial score (nSPS) is 11.6. The molecule has 18 heavy (non-hydrogen) atoms. The fourth-order valence-electron chi connectivity index (χ4n) is 1.36. The number of pyridine rings is 1. The van der Waals surface area contributed by atoms with Crippen LogP contribution in [0.2, 0.25) is 0 Å². The zero-order valence-electron chi connectivity index (χ0n) is 9.10. The number of aromatic nitrogens is 2. The minimum atomic E-state index is -3.83. The van der Waals surface area contributed by atoms with Gasteiger partial charge in [-0.25, -0.2) is 13.1 Å². The molecule has 2 aromatic heterocycles. The molecule has 0 unspecified atom stereocenters. The summed E-state index contributed by atoms with van der Waals surface area (Å²) in [6, 6.07) is 3.01. The summed E-state index contributed by atoms with van der Waals surface area (Å²) in [5.74, 6) is 0. The molecule has 6 nitrogen and oxygen atoms in total. The number of hydrogen-bond acceptors (Lipinski definition) is 3. The maximum absolute atomic E-state index is 11.9. The van der Waals surface area contributed by atoms with Crippen LogP contribution in [-0.4, -0.2) is 18.4 Å². The van der Waals surface area contributed by atoms with Crippen LogP contribution in [0.5, 0.6) is 0 Å². The van der Waals surface area contributed by atoms with Gasteiger partial charge in [-0.3, -0.25) is 4.79 Å². The van der Waals surface area contributed by atoms with Gasteiger partial charge in [0.2, 0.25) is 10.0 Å². The van der Waals surface area contributed by atoms with Crippen molar-refractivity contribution in [3.63, 3.8) is 0 Å². The van der Waals surface area contributed by atoms with Crippen molar-refractivity contribution in [1.29, 1.82) is 0 Å². The Labute approximate surface area is 112 Å². The van der Waals surface area contributed by atoms with Crippen molar-refractivity contribution in [2.24, 2.45) is 0 Å². The molecule has 96 valence electrons. The van der Waals surface area contributed by atoms with Crippen LogP contribution >= 0.6 is 15.9 Å². The van der Waals surface area contributed by atoms with E-state index in [4.69, 9.17) is 0 Å². The SMILES string of the molecule is O=c1[nH]cc(Br)cc1S(=O)(=O)NCc1cc[nH]c1. The Balaban J connectivity index is 2.25. The molecule has 2 rings (SSSR count). The lowest BCUT2D eigenvalue weighted by Crippen LogP contribution is -2.28. The lowest BCUT2D eigenvalue weighted by atomic mass is 10.4. The van der Waals surface area contributed by atoms with Gasteiger partial charge in [0, 0.05) is 29.6 Å². The highest BCUT2D eigenvalue weighted by Crippen LogP contribution is 2.11. The Kier molecular flexibility index (Phi) is 3.69. The molecule has 0 saturated carbocycles. The van der Waals surface area contributed by atoms with Gasteiger partial charge >= 0.3 is 0 Å². The Morgan fingerprint density at radius 2 is 2.11 bits per heavy atom. The maximum atomic E-state index is 11.9. The van der Waals surface area contributed by atoms with Crippen molar-refractivity contribution in [2.75, 3.05) is 0 Å². The van der Waals surface area contributed by atoms with Crippen LogP contribution < -0.4 is 10.3 Å². The van der Waals surface area contributed by atoms with Crippen molar-refractivity contribution in [2.45, 2.75) is 11.4 Å².